The smallest absolute Gasteiger partial charge is 0.231 e. The number of nitrogens with zero attached hydrogens (tertiary/aromatic N) is 2. The zero-order valence-electron chi connectivity index (χ0n) is 14.7. The Bertz CT molecular complexity index is 936. The summed E-state index contributed by atoms with van der Waals surface area (Å²) in [5.41, 5.74) is 5.49. The molecule has 0 aliphatic carbocycles. The van der Waals surface area contributed by atoms with Crippen molar-refractivity contribution in [2.24, 2.45) is 5.92 Å². The first-order valence-electron chi connectivity index (χ1n) is 8.49. The predicted octanol–water partition coefficient (Wildman–Crippen LogP) is 4.30. The largest absolute Gasteiger partial charge is 0.346 e. The van der Waals surface area contributed by atoms with Crippen molar-refractivity contribution < 1.29 is 4.79 Å². The van der Waals surface area contributed by atoms with Gasteiger partial charge in [-0.05, 0) is 61.7 Å². The number of aromatic nitrogens is 1. The normalized spacial score (nSPS) is 14.6. The van der Waals surface area contributed by atoms with Gasteiger partial charge in [-0.15, -0.1) is 0 Å². The van der Waals surface area contributed by atoms with Gasteiger partial charge in [0.15, 0.2) is 5.13 Å². The zero-order chi connectivity index (χ0) is 17.6. The second-order valence-electron chi connectivity index (χ2n) is 6.94. The van der Waals surface area contributed by atoms with Crippen molar-refractivity contribution in [3.8, 4) is 0 Å². The van der Waals surface area contributed by atoms with Gasteiger partial charge >= 0.3 is 0 Å². The molecule has 1 fully saturated rings. The molecule has 1 aliphatic heterocycles. The molecule has 1 saturated heterocycles. The highest BCUT2D eigenvalue weighted by Crippen LogP contribution is 2.33. The van der Waals surface area contributed by atoms with Crippen molar-refractivity contribution in [3.63, 3.8) is 0 Å². The van der Waals surface area contributed by atoms with E-state index in [1.165, 1.54) is 10.3 Å². The number of nitrogens with one attached hydrogen (secondary N) is 1. The predicted molar refractivity (Wildman–Crippen MR) is 105 cm³/mol. The van der Waals surface area contributed by atoms with Gasteiger partial charge < -0.3 is 10.2 Å². The number of benzene rings is 2. The topological polar surface area (TPSA) is 45.2 Å². The average Bonchev–Trinajstić information content (AvgIpc) is 2.86. The fourth-order valence-corrected chi connectivity index (χ4v) is 4.33. The van der Waals surface area contributed by atoms with E-state index in [1.54, 1.807) is 11.3 Å². The summed E-state index contributed by atoms with van der Waals surface area (Å²) in [4.78, 5) is 19.3. The molecule has 2 heterocycles. The van der Waals surface area contributed by atoms with Gasteiger partial charge in [0.05, 0.1) is 16.1 Å². The van der Waals surface area contributed by atoms with E-state index in [4.69, 9.17) is 0 Å². The molecule has 1 amide bonds. The van der Waals surface area contributed by atoms with Crippen LogP contribution in [-0.2, 0) is 4.79 Å². The molecule has 2 aromatic carbocycles. The van der Waals surface area contributed by atoms with Crippen molar-refractivity contribution in [2.45, 2.75) is 20.8 Å². The van der Waals surface area contributed by atoms with Gasteiger partial charge in [0, 0.05) is 18.8 Å². The number of rotatable bonds is 3. The molecule has 0 radical (unpaired) electrons. The second kappa shape index (κ2) is 6.15. The maximum atomic E-state index is 12.5. The molecular weight excluding hydrogens is 330 g/mol. The molecule has 4 rings (SSSR count). The lowest BCUT2D eigenvalue weighted by Gasteiger charge is -2.37. The Hall–Kier alpha value is -2.40. The van der Waals surface area contributed by atoms with Gasteiger partial charge in [-0.2, -0.15) is 0 Å². The van der Waals surface area contributed by atoms with Gasteiger partial charge in [0.2, 0.25) is 5.91 Å². The molecular formula is C20H21N3OS. The molecule has 1 N–H and O–H groups in total. The molecule has 4 nitrogen and oxygen atoms in total. The van der Waals surface area contributed by atoms with Crippen LogP contribution < -0.4 is 10.2 Å². The highest BCUT2D eigenvalue weighted by atomic mass is 32.1. The van der Waals surface area contributed by atoms with E-state index < -0.39 is 0 Å². The van der Waals surface area contributed by atoms with Gasteiger partial charge in [0.25, 0.3) is 0 Å². The van der Waals surface area contributed by atoms with Gasteiger partial charge in [0.1, 0.15) is 0 Å². The van der Waals surface area contributed by atoms with E-state index >= 15 is 0 Å². The SMILES string of the molecule is Cc1cc(C)cc(NC(=O)C2CN(c3nc4ccc(C)cc4s3)C2)c1. The first-order chi connectivity index (χ1) is 12.0. The summed E-state index contributed by atoms with van der Waals surface area (Å²) < 4.78 is 1.21. The quantitative estimate of drug-likeness (QED) is 0.765. The number of hydrogen-bond donors (Lipinski definition) is 1. The minimum Gasteiger partial charge on any atom is -0.346 e. The van der Waals surface area contributed by atoms with Crippen LogP contribution in [0.1, 0.15) is 16.7 Å². The number of fused-ring (bicyclic) bond motifs is 1. The maximum Gasteiger partial charge on any atom is 0.231 e. The third-order valence-electron chi connectivity index (χ3n) is 4.54. The lowest BCUT2D eigenvalue weighted by atomic mass is 10.00. The van der Waals surface area contributed by atoms with Crippen LogP contribution in [0.5, 0.6) is 0 Å². The first kappa shape index (κ1) is 16.1. The Balaban J connectivity index is 1.41. The molecule has 3 aromatic rings. The highest BCUT2D eigenvalue weighted by Gasteiger charge is 2.34. The summed E-state index contributed by atoms with van der Waals surface area (Å²) in [6, 6.07) is 12.4. The summed E-state index contributed by atoms with van der Waals surface area (Å²) in [5, 5.41) is 4.06. The average molecular weight is 351 g/mol. The first-order valence-corrected chi connectivity index (χ1v) is 9.31. The van der Waals surface area contributed by atoms with Crippen LogP contribution in [0.25, 0.3) is 10.2 Å². The van der Waals surface area contributed by atoms with Gasteiger partial charge in [-0.1, -0.05) is 23.5 Å². The number of carbonyl (C=O) groups excluding carboxylic acids is 1. The summed E-state index contributed by atoms with van der Waals surface area (Å²) in [5.74, 6) is 0.118. The van der Waals surface area contributed by atoms with Gasteiger partial charge in [-0.3, -0.25) is 4.79 Å². The van der Waals surface area contributed by atoms with Crippen LogP contribution in [0.3, 0.4) is 0 Å². The van der Waals surface area contributed by atoms with E-state index in [0.717, 1.165) is 40.6 Å². The number of anilines is 2. The molecule has 5 heteroatoms. The molecule has 0 spiro atoms. The van der Waals surface area contributed by atoms with Crippen LogP contribution in [-0.4, -0.2) is 24.0 Å². The Morgan fingerprint density at radius 3 is 2.52 bits per heavy atom. The third-order valence-corrected chi connectivity index (χ3v) is 5.62. The summed E-state index contributed by atoms with van der Waals surface area (Å²) in [6.45, 7) is 7.64. The highest BCUT2D eigenvalue weighted by molar-refractivity contribution is 7.22. The van der Waals surface area contributed by atoms with Crippen molar-refractivity contribution in [2.75, 3.05) is 23.3 Å². The Morgan fingerprint density at radius 1 is 1.08 bits per heavy atom. The number of carbonyl (C=O) groups is 1. The maximum absolute atomic E-state index is 12.5. The minimum atomic E-state index is 0.0227. The lowest BCUT2D eigenvalue weighted by Crippen LogP contribution is -2.52. The standard InChI is InChI=1S/C20H21N3OS/c1-12-4-5-17-18(9-12)25-20(22-17)23-10-15(11-23)19(24)21-16-7-13(2)6-14(3)8-16/h4-9,15H,10-11H2,1-3H3,(H,21,24). The van der Waals surface area contributed by atoms with E-state index in [0.29, 0.717) is 0 Å². The number of thiazole rings is 1. The Labute approximate surface area is 151 Å². The van der Waals surface area contributed by atoms with Crippen LogP contribution >= 0.6 is 11.3 Å². The molecule has 0 unspecified atom stereocenters. The molecule has 0 saturated carbocycles. The van der Waals surface area contributed by atoms with Crippen molar-refractivity contribution >= 4 is 38.3 Å². The van der Waals surface area contributed by atoms with Crippen molar-refractivity contribution in [1.29, 1.82) is 0 Å². The number of hydrogen-bond acceptors (Lipinski definition) is 4. The van der Waals surface area contributed by atoms with Gasteiger partial charge in [-0.25, -0.2) is 4.98 Å². The Morgan fingerprint density at radius 2 is 1.80 bits per heavy atom. The third kappa shape index (κ3) is 3.24. The molecule has 1 aliphatic rings. The summed E-state index contributed by atoms with van der Waals surface area (Å²) in [7, 11) is 0. The molecule has 1 aromatic heterocycles. The fraction of sp³-hybridized carbons (Fsp3) is 0.300. The van der Waals surface area contributed by atoms with E-state index in [-0.39, 0.29) is 11.8 Å². The monoisotopic (exact) mass is 351 g/mol. The zero-order valence-corrected chi connectivity index (χ0v) is 15.5. The second-order valence-corrected chi connectivity index (χ2v) is 7.94. The fourth-order valence-electron chi connectivity index (χ4n) is 3.25. The Kier molecular flexibility index (Phi) is 3.96. The van der Waals surface area contributed by atoms with Crippen molar-refractivity contribution in [1.82, 2.24) is 4.98 Å². The van der Waals surface area contributed by atoms with E-state index in [9.17, 15) is 4.79 Å². The molecule has 0 bridgehead atoms. The van der Waals surface area contributed by atoms with E-state index in [2.05, 4.69) is 46.4 Å². The lowest BCUT2D eigenvalue weighted by molar-refractivity contribution is -0.120. The number of amides is 1. The van der Waals surface area contributed by atoms with Crippen LogP contribution in [0.4, 0.5) is 10.8 Å². The summed E-state index contributed by atoms with van der Waals surface area (Å²) >= 11 is 1.70. The minimum absolute atomic E-state index is 0.0227. The summed E-state index contributed by atoms with van der Waals surface area (Å²) in [6.07, 6.45) is 0. The number of aryl methyl sites for hydroxylation is 3. The van der Waals surface area contributed by atoms with Crippen LogP contribution in [0.2, 0.25) is 0 Å². The molecule has 25 heavy (non-hydrogen) atoms. The van der Waals surface area contributed by atoms with Crippen LogP contribution in [0.15, 0.2) is 36.4 Å². The van der Waals surface area contributed by atoms with E-state index in [1.807, 2.05) is 26.0 Å². The van der Waals surface area contributed by atoms with Crippen molar-refractivity contribution in [3.05, 3.63) is 53.1 Å². The molecule has 128 valence electrons. The molecule has 0 atom stereocenters. The van der Waals surface area contributed by atoms with Crippen LogP contribution in [0, 0.1) is 26.7 Å².